The van der Waals surface area contributed by atoms with Crippen LogP contribution >= 0.6 is 0 Å². The fourth-order valence-electron chi connectivity index (χ4n) is 2.49. The molecule has 0 N–H and O–H groups in total. The van der Waals surface area contributed by atoms with Gasteiger partial charge in [-0.15, -0.1) is 0 Å². The quantitative estimate of drug-likeness (QED) is 0.564. The highest BCUT2D eigenvalue weighted by atomic mass is 16.5. The average Bonchev–Trinajstić information content (AvgIpc) is 2.67. The van der Waals surface area contributed by atoms with Crippen molar-refractivity contribution in [2.24, 2.45) is 0 Å². The number of hydrogen-bond donors (Lipinski definition) is 0. The molecule has 0 aliphatic rings. The number of nitrogens with zero attached hydrogens (tertiary/aromatic N) is 3. The summed E-state index contributed by atoms with van der Waals surface area (Å²) in [7, 11) is 0. The molecular formula is C20H15N3O. The molecule has 24 heavy (non-hydrogen) atoms. The molecule has 0 aliphatic carbocycles. The van der Waals surface area contributed by atoms with Crippen LogP contribution in [0.4, 0.5) is 0 Å². The molecule has 0 fully saturated rings. The lowest BCUT2D eigenvalue weighted by molar-refractivity contribution is 0.290. The van der Waals surface area contributed by atoms with Gasteiger partial charge in [0.15, 0.2) is 0 Å². The molecule has 116 valence electrons. The van der Waals surface area contributed by atoms with Gasteiger partial charge in [-0.1, -0.05) is 30.3 Å². The zero-order valence-electron chi connectivity index (χ0n) is 13.0. The molecule has 0 radical (unpaired) electrons. The zero-order valence-corrected chi connectivity index (χ0v) is 13.0. The molecule has 0 spiro atoms. The molecule has 0 unspecified atom stereocenters. The fraction of sp³-hybridized carbons (Fsp3) is 0.0500. The second kappa shape index (κ2) is 6.46. The third kappa shape index (κ3) is 3.08. The van der Waals surface area contributed by atoms with Crippen LogP contribution in [0.3, 0.4) is 0 Å². The largest absolute Gasteiger partial charge is 0.471 e. The van der Waals surface area contributed by atoms with Gasteiger partial charge in [0.25, 0.3) is 0 Å². The minimum absolute atomic E-state index is 0.390. The van der Waals surface area contributed by atoms with Crippen molar-refractivity contribution in [3.8, 4) is 17.1 Å². The van der Waals surface area contributed by atoms with Crippen LogP contribution in [-0.4, -0.2) is 15.0 Å². The number of pyridine rings is 3. The first-order chi connectivity index (χ1) is 11.9. The summed E-state index contributed by atoms with van der Waals surface area (Å²) in [4.78, 5) is 13.2. The van der Waals surface area contributed by atoms with Crippen molar-refractivity contribution in [2.75, 3.05) is 0 Å². The number of para-hydroxylation sites is 1. The Kier molecular flexibility index (Phi) is 3.86. The number of ether oxygens (including phenoxy) is 1. The van der Waals surface area contributed by atoms with E-state index in [0.717, 1.165) is 27.9 Å². The lowest BCUT2D eigenvalue weighted by Crippen LogP contribution is -1.99. The van der Waals surface area contributed by atoms with E-state index in [1.165, 1.54) is 0 Å². The summed E-state index contributed by atoms with van der Waals surface area (Å²) in [6.45, 7) is 0.390. The standard InChI is InChI=1S/C20H15N3O/c1-2-7-19-15(5-1)8-10-17(23-19)14-24-20-11-9-16(13-22-20)18-6-3-4-12-21-18/h1-13H,14H2. The lowest BCUT2D eigenvalue weighted by atomic mass is 10.2. The summed E-state index contributed by atoms with van der Waals surface area (Å²) in [6.07, 6.45) is 3.54. The van der Waals surface area contributed by atoms with Crippen LogP contribution in [0.25, 0.3) is 22.2 Å². The maximum Gasteiger partial charge on any atom is 0.213 e. The molecule has 0 amide bonds. The van der Waals surface area contributed by atoms with E-state index >= 15 is 0 Å². The summed E-state index contributed by atoms with van der Waals surface area (Å²) in [5, 5.41) is 1.12. The Morgan fingerprint density at radius 1 is 0.792 bits per heavy atom. The lowest BCUT2D eigenvalue weighted by Gasteiger charge is -2.07. The van der Waals surface area contributed by atoms with Gasteiger partial charge in [-0.2, -0.15) is 0 Å². The van der Waals surface area contributed by atoms with Crippen molar-refractivity contribution in [1.82, 2.24) is 15.0 Å². The highest BCUT2D eigenvalue weighted by Gasteiger charge is 2.03. The Hall–Kier alpha value is -3.27. The van der Waals surface area contributed by atoms with Gasteiger partial charge in [0.1, 0.15) is 6.61 Å². The predicted molar refractivity (Wildman–Crippen MR) is 93.5 cm³/mol. The highest BCUT2D eigenvalue weighted by Crippen LogP contribution is 2.18. The highest BCUT2D eigenvalue weighted by molar-refractivity contribution is 5.78. The smallest absolute Gasteiger partial charge is 0.213 e. The number of rotatable bonds is 4. The van der Waals surface area contributed by atoms with E-state index < -0.39 is 0 Å². The molecule has 4 nitrogen and oxygen atoms in total. The first kappa shape index (κ1) is 14.3. The Labute approximate surface area is 139 Å². The minimum Gasteiger partial charge on any atom is -0.471 e. The SMILES string of the molecule is c1ccc(-c2ccc(OCc3ccc4ccccc4n3)nc2)nc1. The van der Waals surface area contributed by atoms with Crippen LogP contribution < -0.4 is 4.74 Å². The van der Waals surface area contributed by atoms with E-state index in [-0.39, 0.29) is 0 Å². The molecule has 3 heterocycles. The van der Waals surface area contributed by atoms with E-state index in [1.54, 1.807) is 12.4 Å². The number of fused-ring (bicyclic) bond motifs is 1. The van der Waals surface area contributed by atoms with Gasteiger partial charge >= 0.3 is 0 Å². The van der Waals surface area contributed by atoms with E-state index in [0.29, 0.717) is 12.5 Å². The van der Waals surface area contributed by atoms with Gasteiger partial charge < -0.3 is 4.74 Å². The molecule has 0 bridgehead atoms. The van der Waals surface area contributed by atoms with Gasteiger partial charge in [-0.05, 0) is 30.3 Å². The first-order valence-electron chi connectivity index (χ1n) is 7.73. The van der Waals surface area contributed by atoms with E-state index in [2.05, 4.69) is 21.0 Å². The molecular weight excluding hydrogens is 298 g/mol. The first-order valence-corrected chi connectivity index (χ1v) is 7.73. The van der Waals surface area contributed by atoms with Crippen LogP contribution in [0, 0.1) is 0 Å². The molecule has 0 saturated carbocycles. The van der Waals surface area contributed by atoms with Crippen LogP contribution in [0.2, 0.25) is 0 Å². The van der Waals surface area contributed by atoms with Crippen molar-refractivity contribution in [3.63, 3.8) is 0 Å². The molecule has 0 saturated heterocycles. The van der Waals surface area contributed by atoms with Crippen LogP contribution in [-0.2, 0) is 6.61 Å². The summed E-state index contributed by atoms with van der Waals surface area (Å²) in [5.41, 5.74) is 3.71. The second-order valence-corrected chi connectivity index (χ2v) is 5.38. The Morgan fingerprint density at radius 3 is 2.54 bits per heavy atom. The summed E-state index contributed by atoms with van der Waals surface area (Å²) in [5.74, 6) is 0.574. The van der Waals surface area contributed by atoms with Crippen molar-refractivity contribution in [2.45, 2.75) is 6.61 Å². The molecule has 0 aliphatic heterocycles. The monoisotopic (exact) mass is 313 g/mol. The van der Waals surface area contributed by atoms with Gasteiger partial charge in [0.05, 0.1) is 16.9 Å². The van der Waals surface area contributed by atoms with Crippen LogP contribution in [0.5, 0.6) is 5.88 Å². The maximum absolute atomic E-state index is 5.74. The zero-order chi connectivity index (χ0) is 16.2. The minimum atomic E-state index is 0.390. The van der Waals surface area contributed by atoms with Gasteiger partial charge in [-0.25, -0.2) is 9.97 Å². The van der Waals surface area contributed by atoms with Crippen molar-refractivity contribution in [1.29, 1.82) is 0 Å². The van der Waals surface area contributed by atoms with Gasteiger partial charge in [0, 0.05) is 29.4 Å². The molecule has 4 rings (SSSR count). The Balaban J connectivity index is 1.47. The topological polar surface area (TPSA) is 47.9 Å². The molecule has 0 atom stereocenters. The third-order valence-corrected chi connectivity index (χ3v) is 3.72. The maximum atomic E-state index is 5.74. The van der Waals surface area contributed by atoms with Crippen molar-refractivity contribution < 1.29 is 4.74 Å². The van der Waals surface area contributed by atoms with Crippen LogP contribution in [0.15, 0.2) is 79.1 Å². The number of aromatic nitrogens is 3. The number of hydrogen-bond acceptors (Lipinski definition) is 4. The van der Waals surface area contributed by atoms with Crippen molar-refractivity contribution in [3.05, 3.63) is 84.8 Å². The number of benzene rings is 1. The molecule has 3 aromatic heterocycles. The summed E-state index contributed by atoms with van der Waals surface area (Å²) in [6, 6.07) is 21.7. The van der Waals surface area contributed by atoms with E-state index in [4.69, 9.17) is 4.74 Å². The fourth-order valence-corrected chi connectivity index (χ4v) is 2.49. The average molecular weight is 313 g/mol. The van der Waals surface area contributed by atoms with Crippen molar-refractivity contribution >= 4 is 10.9 Å². The van der Waals surface area contributed by atoms with Crippen LogP contribution in [0.1, 0.15) is 5.69 Å². The molecule has 1 aromatic carbocycles. The Morgan fingerprint density at radius 2 is 1.71 bits per heavy atom. The summed E-state index contributed by atoms with van der Waals surface area (Å²) >= 11 is 0. The predicted octanol–water partition coefficient (Wildman–Crippen LogP) is 4.27. The normalized spacial score (nSPS) is 10.7. The summed E-state index contributed by atoms with van der Waals surface area (Å²) < 4.78 is 5.74. The third-order valence-electron chi connectivity index (χ3n) is 3.72. The van der Waals surface area contributed by atoms with E-state index in [1.807, 2.05) is 60.7 Å². The molecule has 4 heteroatoms. The molecule has 4 aromatic rings. The van der Waals surface area contributed by atoms with Gasteiger partial charge in [0.2, 0.25) is 5.88 Å². The van der Waals surface area contributed by atoms with Gasteiger partial charge in [-0.3, -0.25) is 4.98 Å². The second-order valence-electron chi connectivity index (χ2n) is 5.38. The van der Waals surface area contributed by atoms with E-state index in [9.17, 15) is 0 Å². The Bertz CT molecular complexity index is 953.